The molecule has 0 bridgehead atoms. The Morgan fingerprint density at radius 1 is 1.06 bits per heavy atom. The predicted octanol–water partition coefficient (Wildman–Crippen LogP) is 5.14. The van der Waals surface area contributed by atoms with Crippen molar-refractivity contribution < 1.29 is 4.39 Å². The lowest BCUT2D eigenvalue weighted by Gasteiger charge is -2.41. The number of likely N-dealkylation sites (tertiary alicyclic amines) is 1. The number of fused-ring (bicyclic) bond motifs is 1. The number of nitrogens with one attached hydrogen (secondary N) is 1. The molecule has 6 heteroatoms. The van der Waals surface area contributed by atoms with Crippen LogP contribution in [0.25, 0.3) is 11.0 Å². The first-order valence-electron chi connectivity index (χ1n) is 12.2. The van der Waals surface area contributed by atoms with Crippen LogP contribution in [0.4, 0.5) is 4.39 Å². The molecule has 1 aliphatic heterocycles. The summed E-state index contributed by atoms with van der Waals surface area (Å²) < 4.78 is 13.6. The number of imidazole rings is 1. The van der Waals surface area contributed by atoms with Crippen LogP contribution in [0.1, 0.15) is 56.3 Å². The zero-order valence-corrected chi connectivity index (χ0v) is 18.8. The molecule has 0 spiro atoms. The van der Waals surface area contributed by atoms with Gasteiger partial charge in [-0.15, -0.1) is 0 Å². The average molecular weight is 436 g/mol. The van der Waals surface area contributed by atoms with E-state index in [1.165, 1.54) is 75.7 Å². The number of piperidine rings is 1. The number of hydrogen-bond donors (Lipinski definition) is 1. The lowest BCUT2D eigenvalue weighted by atomic mass is 9.90. The van der Waals surface area contributed by atoms with Crippen LogP contribution in [0.3, 0.4) is 0 Å². The van der Waals surface area contributed by atoms with E-state index < -0.39 is 0 Å². The van der Waals surface area contributed by atoms with E-state index >= 15 is 0 Å². The number of aromatic nitrogens is 3. The van der Waals surface area contributed by atoms with Crippen LogP contribution in [-0.2, 0) is 13.1 Å². The van der Waals surface area contributed by atoms with Crippen molar-refractivity contribution in [3.05, 3.63) is 59.9 Å². The zero-order valence-electron chi connectivity index (χ0n) is 18.8. The first-order valence-corrected chi connectivity index (χ1v) is 12.2. The second-order valence-electron chi connectivity index (χ2n) is 9.67. The van der Waals surface area contributed by atoms with Gasteiger partial charge in [-0.2, -0.15) is 0 Å². The van der Waals surface area contributed by atoms with Gasteiger partial charge >= 0.3 is 0 Å². The number of nitrogens with zero attached hydrogens (tertiary/aromatic N) is 4. The summed E-state index contributed by atoms with van der Waals surface area (Å²) in [6.45, 7) is 5.09. The first-order chi connectivity index (χ1) is 15.7. The minimum Gasteiger partial charge on any atom is -0.341 e. The van der Waals surface area contributed by atoms with E-state index in [1.54, 1.807) is 6.07 Å². The number of aromatic amines is 1. The first kappa shape index (κ1) is 21.5. The quantitative estimate of drug-likeness (QED) is 0.558. The predicted molar refractivity (Wildman–Crippen MR) is 126 cm³/mol. The number of hydrogen-bond acceptors (Lipinski definition) is 4. The highest BCUT2D eigenvalue weighted by atomic mass is 19.1. The van der Waals surface area contributed by atoms with E-state index in [0.29, 0.717) is 5.92 Å². The summed E-state index contributed by atoms with van der Waals surface area (Å²) in [6, 6.07) is 9.69. The summed E-state index contributed by atoms with van der Waals surface area (Å²) in [7, 11) is 0. The second kappa shape index (κ2) is 10.1. The lowest BCUT2D eigenvalue weighted by Crippen LogP contribution is -2.46. The minimum absolute atomic E-state index is 0.232. The molecular formula is C26H34FN5. The number of pyridine rings is 1. The van der Waals surface area contributed by atoms with E-state index in [1.807, 2.05) is 18.5 Å². The Kier molecular flexibility index (Phi) is 6.79. The summed E-state index contributed by atoms with van der Waals surface area (Å²) in [5, 5.41) is 0. The summed E-state index contributed by atoms with van der Waals surface area (Å²) >= 11 is 0. The van der Waals surface area contributed by atoms with Crippen LogP contribution in [0.15, 0.2) is 42.7 Å². The Balaban J connectivity index is 1.30. The van der Waals surface area contributed by atoms with Crippen molar-refractivity contribution in [3.63, 3.8) is 0 Å². The Hall–Kier alpha value is -2.31. The number of H-pyrrole nitrogens is 1. The van der Waals surface area contributed by atoms with Crippen molar-refractivity contribution in [2.75, 3.05) is 19.6 Å². The topological polar surface area (TPSA) is 48.1 Å². The maximum atomic E-state index is 13.6. The molecule has 2 aliphatic rings. The summed E-state index contributed by atoms with van der Waals surface area (Å²) in [5.74, 6) is 1.34. The van der Waals surface area contributed by atoms with Gasteiger partial charge in [-0.05, 0) is 68.0 Å². The molecule has 170 valence electrons. The van der Waals surface area contributed by atoms with Crippen molar-refractivity contribution in [2.24, 2.45) is 5.92 Å². The van der Waals surface area contributed by atoms with Crippen LogP contribution in [-0.4, -0.2) is 50.4 Å². The number of halogens is 1. The van der Waals surface area contributed by atoms with Gasteiger partial charge in [0.15, 0.2) is 0 Å². The average Bonchev–Trinajstić information content (AvgIpc) is 3.22. The Bertz CT molecular complexity index is 998. The molecule has 5 rings (SSSR count). The van der Waals surface area contributed by atoms with Gasteiger partial charge < -0.3 is 9.88 Å². The van der Waals surface area contributed by atoms with Gasteiger partial charge in [0.25, 0.3) is 0 Å². The van der Waals surface area contributed by atoms with Gasteiger partial charge in [-0.1, -0.05) is 25.3 Å². The van der Waals surface area contributed by atoms with Crippen molar-refractivity contribution in [2.45, 2.75) is 64.1 Å². The molecule has 0 radical (unpaired) electrons. The molecule has 5 nitrogen and oxygen atoms in total. The summed E-state index contributed by atoms with van der Waals surface area (Å²) in [6.07, 6.45) is 13.3. The Morgan fingerprint density at radius 3 is 2.81 bits per heavy atom. The minimum atomic E-state index is -0.232. The molecule has 1 saturated heterocycles. The molecule has 1 atom stereocenters. The summed E-state index contributed by atoms with van der Waals surface area (Å²) in [5.41, 5.74) is 2.81. The standard InChI is InChI=1S/C26H34FN5/c27-22-10-11-24-25(14-22)30-26(29-24)19-31(16-20-6-4-12-28-15-20)17-21-7-5-13-32(18-21)23-8-2-1-3-9-23/h4,6,10-12,14-15,21,23H,1-3,5,7-9,13,16-19H2,(H,29,30)/t21-/m1/s1. The van der Waals surface area contributed by atoms with Gasteiger partial charge in [0.1, 0.15) is 11.6 Å². The van der Waals surface area contributed by atoms with Crippen molar-refractivity contribution >= 4 is 11.0 Å². The van der Waals surface area contributed by atoms with Crippen LogP contribution < -0.4 is 0 Å². The highest BCUT2D eigenvalue weighted by Gasteiger charge is 2.28. The highest BCUT2D eigenvalue weighted by molar-refractivity contribution is 5.74. The summed E-state index contributed by atoms with van der Waals surface area (Å²) in [4.78, 5) is 17.6. The third-order valence-electron chi connectivity index (χ3n) is 7.15. The van der Waals surface area contributed by atoms with Crippen LogP contribution >= 0.6 is 0 Å². The Labute approximate surface area is 190 Å². The molecule has 2 fully saturated rings. The fourth-order valence-electron chi connectivity index (χ4n) is 5.65. The van der Waals surface area contributed by atoms with Crippen LogP contribution in [0.5, 0.6) is 0 Å². The van der Waals surface area contributed by atoms with E-state index in [-0.39, 0.29) is 5.82 Å². The molecule has 0 unspecified atom stereocenters. The van der Waals surface area contributed by atoms with Crippen molar-refractivity contribution in [1.82, 2.24) is 24.8 Å². The van der Waals surface area contributed by atoms with Crippen LogP contribution in [0, 0.1) is 11.7 Å². The number of benzene rings is 1. The molecule has 1 aliphatic carbocycles. The van der Waals surface area contributed by atoms with E-state index in [2.05, 4.69) is 25.8 Å². The normalized spacial score (nSPS) is 20.9. The molecule has 0 amide bonds. The fraction of sp³-hybridized carbons (Fsp3) is 0.538. The Morgan fingerprint density at radius 2 is 1.97 bits per heavy atom. The third-order valence-corrected chi connectivity index (χ3v) is 7.15. The molecule has 1 saturated carbocycles. The molecular weight excluding hydrogens is 401 g/mol. The van der Waals surface area contributed by atoms with E-state index in [9.17, 15) is 4.39 Å². The maximum Gasteiger partial charge on any atom is 0.125 e. The fourth-order valence-corrected chi connectivity index (χ4v) is 5.65. The van der Waals surface area contributed by atoms with Gasteiger partial charge in [-0.3, -0.25) is 9.88 Å². The van der Waals surface area contributed by atoms with Crippen LogP contribution in [0.2, 0.25) is 0 Å². The maximum absolute atomic E-state index is 13.6. The molecule has 3 heterocycles. The third kappa shape index (κ3) is 5.36. The van der Waals surface area contributed by atoms with Gasteiger partial charge in [-0.25, -0.2) is 9.37 Å². The van der Waals surface area contributed by atoms with Crippen molar-refractivity contribution in [1.29, 1.82) is 0 Å². The van der Waals surface area contributed by atoms with Crippen molar-refractivity contribution in [3.8, 4) is 0 Å². The molecule has 2 aromatic heterocycles. The smallest absolute Gasteiger partial charge is 0.125 e. The number of rotatable bonds is 7. The molecule has 1 aromatic carbocycles. The largest absolute Gasteiger partial charge is 0.341 e. The zero-order chi connectivity index (χ0) is 21.8. The van der Waals surface area contributed by atoms with Gasteiger partial charge in [0.05, 0.1) is 17.6 Å². The second-order valence-corrected chi connectivity index (χ2v) is 9.67. The molecule has 32 heavy (non-hydrogen) atoms. The van der Waals surface area contributed by atoms with Gasteiger partial charge in [0, 0.05) is 38.1 Å². The van der Waals surface area contributed by atoms with E-state index in [0.717, 1.165) is 42.5 Å². The van der Waals surface area contributed by atoms with E-state index in [4.69, 9.17) is 4.98 Å². The molecule has 1 N–H and O–H groups in total. The lowest BCUT2D eigenvalue weighted by molar-refractivity contribution is 0.0766. The molecule has 3 aromatic rings. The SMILES string of the molecule is Fc1ccc2nc(CN(Cc3cccnc3)C[C@H]3CCCN(C4CCCCC4)C3)[nH]c2c1. The monoisotopic (exact) mass is 435 g/mol. The highest BCUT2D eigenvalue weighted by Crippen LogP contribution is 2.28. The van der Waals surface area contributed by atoms with Gasteiger partial charge in [0.2, 0.25) is 0 Å².